The number of allylic oxidation sites excluding steroid dienone is 22. The lowest BCUT2D eigenvalue weighted by Gasteiger charge is -2.28. The summed E-state index contributed by atoms with van der Waals surface area (Å²) >= 11 is 0. The third-order valence-electron chi connectivity index (χ3n) is 11.2. The monoisotopic (exact) mass is 1010 g/mol. The van der Waals surface area contributed by atoms with Gasteiger partial charge in [0.05, 0.1) is 34.4 Å². The van der Waals surface area contributed by atoms with Crippen LogP contribution in [0.5, 0.6) is 0 Å². The molecule has 0 saturated carbocycles. The van der Waals surface area contributed by atoms with E-state index in [-0.39, 0.29) is 25.8 Å². The highest BCUT2D eigenvalue weighted by atomic mass is 31.2. The minimum Gasteiger partial charge on any atom is -0.756 e. The van der Waals surface area contributed by atoms with Crippen LogP contribution in [0.1, 0.15) is 194 Å². The number of quaternary nitrogens is 1. The predicted molar refractivity (Wildman–Crippen MR) is 304 cm³/mol. The maximum atomic E-state index is 12.8. The van der Waals surface area contributed by atoms with Crippen molar-refractivity contribution in [3.63, 3.8) is 0 Å². The Bertz CT molecular complexity index is 1590. The van der Waals surface area contributed by atoms with Gasteiger partial charge in [0.1, 0.15) is 19.3 Å². The molecule has 0 aliphatic carbocycles. The van der Waals surface area contributed by atoms with Gasteiger partial charge in [0.25, 0.3) is 7.82 Å². The zero-order valence-corrected chi connectivity index (χ0v) is 46.8. The van der Waals surface area contributed by atoms with Crippen molar-refractivity contribution in [2.45, 2.75) is 200 Å². The lowest BCUT2D eigenvalue weighted by molar-refractivity contribution is -0.870. The molecule has 0 saturated heterocycles. The quantitative estimate of drug-likeness (QED) is 0.0197. The first-order valence-electron chi connectivity index (χ1n) is 27.9. The van der Waals surface area contributed by atoms with E-state index in [4.69, 9.17) is 18.5 Å². The topological polar surface area (TPSA) is 94.1 Å². The summed E-state index contributed by atoms with van der Waals surface area (Å²) in [5, 5.41) is 0. The standard InChI is InChI=1S/C62H104NO7P/c1-6-8-10-12-14-16-18-20-22-24-26-28-30-32-33-35-37-39-41-43-45-47-49-51-53-55-62(64)70-61(60-69-71(65,66)68-58-56-63(3,4)5)59-67-57-54-52-50-48-46-44-42-40-38-36-34-31-29-27-25-23-21-19-17-15-13-11-9-7-2/h8-11,14-17,20-23,26-29,32-34,36,40,42,61H,6-7,12-13,18-19,24-25,30-31,35,37-39,41,43-60H2,1-5H3/b10-8-,11-9-,16-14-,17-15-,22-20-,23-21-,28-26-,29-27-,33-32-,36-34-,42-40-. The van der Waals surface area contributed by atoms with Crippen molar-refractivity contribution >= 4 is 13.8 Å². The highest BCUT2D eigenvalue weighted by Crippen LogP contribution is 2.38. The van der Waals surface area contributed by atoms with Crippen LogP contribution < -0.4 is 4.89 Å². The molecule has 0 aliphatic rings. The second-order valence-corrected chi connectivity index (χ2v) is 20.6. The SMILES string of the molecule is CC/C=C\C/C=C\C/C=C\C/C=C\C/C=C\C/C=C\CCCCCCCOCC(COP(=O)([O-])OCC[N+](C)(C)C)OC(=O)CCCCCCCCCCC/C=C\C/C=C\C/C=C\C/C=C\C/C=C\CC. The number of hydrogen-bond donors (Lipinski definition) is 0. The highest BCUT2D eigenvalue weighted by Gasteiger charge is 2.20. The summed E-state index contributed by atoms with van der Waals surface area (Å²) in [6, 6.07) is 0. The Morgan fingerprint density at radius 2 is 0.775 bits per heavy atom. The summed E-state index contributed by atoms with van der Waals surface area (Å²) in [6.07, 6.45) is 77.7. The number of rotatable bonds is 50. The van der Waals surface area contributed by atoms with Crippen LogP contribution in [-0.2, 0) is 27.9 Å². The molecule has 9 heteroatoms. The second kappa shape index (κ2) is 52.9. The Morgan fingerprint density at radius 3 is 1.15 bits per heavy atom. The molecule has 0 heterocycles. The maximum absolute atomic E-state index is 12.8. The molecule has 71 heavy (non-hydrogen) atoms. The maximum Gasteiger partial charge on any atom is 0.306 e. The van der Waals surface area contributed by atoms with Gasteiger partial charge in [-0.2, -0.15) is 0 Å². The van der Waals surface area contributed by atoms with Gasteiger partial charge in [0.15, 0.2) is 0 Å². The largest absolute Gasteiger partial charge is 0.756 e. The fourth-order valence-electron chi connectivity index (χ4n) is 6.99. The number of carbonyl (C=O) groups is 1. The van der Waals surface area contributed by atoms with Crippen LogP contribution in [-0.4, -0.2) is 70.7 Å². The second-order valence-electron chi connectivity index (χ2n) is 19.2. The first-order chi connectivity index (χ1) is 34.6. The molecule has 0 spiro atoms. The molecule has 0 bridgehead atoms. The summed E-state index contributed by atoms with van der Waals surface area (Å²) in [5.41, 5.74) is 0. The summed E-state index contributed by atoms with van der Waals surface area (Å²) in [7, 11) is 1.32. The number of unbranched alkanes of at least 4 members (excludes halogenated alkanes) is 14. The minimum atomic E-state index is -4.55. The van der Waals surface area contributed by atoms with Gasteiger partial charge in [-0.3, -0.25) is 9.36 Å². The average molecular weight is 1010 g/mol. The van der Waals surface area contributed by atoms with Crippen molar-refractivity contribution in [3.05, 3.63) is 134 Å². The van der Waals surface area contributed by atoms with Crippen LogP contribution >= 0.6 is 7.82 Å². The predicted octanol–water partition coefficient (Wildman–Crippen LogP) is 17.2. The average Bonchev–Trinajstić information content (AvgIpc) is 3.33. The minimum absolute atomic E-state index is 0.0123. The molecule has 0 N–H and O–H groups in total. The number of ether oxygens (including phenoxy) is 2. The van der Waals surface area contributed by atoms with Crippen molar-refractivity contribution in [2.24, 2.45) is 0 Å². The van der Waals surface area contributed by atoms with E-state index in [2.05, 4.69) is 148 Å². The van der Waals surface area contributed by atoms with Crippen molar-refractivity contribution in [1.82, 2.24) is 0 Å². The lowest BCUT2D eigenvalue weighted by atomic mass is 10.1. The number of likely N-dealkylation sites (N-methyl/N-ethyl adjacent to an activating group) is 1. The molecule has 0 fully saturated rings. The molecule has 0 rings (SSSR count). The van der Waals surface area contributed by atoms with Crippen LogP contribution in [0.25, 0.3) is 0 Å². The Balaban J connectivity index is 4.21. The van der Waals surface area contributed by atoms with Gasteiger partial charge in [-0.25, -0.2) is 0 Å². The number of carbonyl (C=O) groups excluding carboxylic acids is 1. The molecule has 0 radical (unpaired) electrons. The van der Waals surface area contributed by atoms with E-state index in [1.807, 2.05) is 21.1 Å². The van der Waals surface area contributed by atoms with Crippen LogP contribution in [0.3, 0.4) is 0 Å². The third kappa shape index (κ3) is 57.4. The smallest absolute Gasteiger partial charge is 0.306 e. The van der Waals surface area contributed by atoms with Crippen LogP contribution in [0, 0.1) is 0 Å². The van der Waals surface area contributed by atoms with E-state index in [9.17, 15) is 14.3 Å². The van der Waals surface area contributed by atoms with Gasteiger partial charge < -0.3 is 27.9 Å². The molecule has 2 atom stereocenters. The van der Waals surface area contributed by atoms with E-state index in [0.717, 1.165) is 128 Å². The van der Waals surface area contributed by atoms with E-state index in [1.165, 1.54) is 44.9 Å². The van der Waals surface area contributed by atoms with Crippen LogP contribution in [0.15, 0.2) is 134 Å². The molecular weight excluding hydrogens is 902 g/mol. The Labute approximate surface area is 436 Å². The molecule has 0 aromatic heterocycles. The normalized spacial score (nSPS) is 14.5. The lowest BCUT2D eigenvalue weighted by Crippen LogP contribution is -2.37. The van der Waals surface area contributed by atoms with Gasteiger partial charge in [0.2, 0.25) is 0 Å². The summed E-state index contributed by atoms with van der Waals surface area (Å²) in [5.74, 6) is -0.353. The fraction of sp³-hybridized carbons (Fsp3) is 0.629. The summed E-state index contributed by atoms with van der Waals surface area (Å²) in [6.45, 7) is 5.10. The number of nitrogens with zero attached hydrogens (tertiary/aromatic N) is 1. The van der Waals surface area contributed by atoms with E-state index in [1.54, 1.807) is 0 Å². The molecule has 0 aliphatic heterocycles. The summed E-state index contributed by atoms with van der Waals surface area (Å²) < 4.78 is 34.8. The van der Waals surface area contributed by atoms with E-state index in [0.29, 0.717) is 24.1 Å². The van der Waals surface area contributed by atoms with Crippen molar-refractivity contribution < 1.29 is 37.3 Å². The zero-order valence-electron chi connectivity index (χ0n) is 45.9. The van der Waals surface area contributed by atoms with Crippen molar-refractivity contribution in [3.8, 4) is 0 Å². The van der Waals surface area contributed by atoms with E-state index < -0.39 is 13.9 Å². The molecular formula is C62H104NO7P. The van der Waals surface area contributed by atoms with E-state index >= 15 is 0 Å². The molecule has 0 amide bonds. The van der Waals surface area contributed by atoms with Crippen LogP contribution in [0.4, 0.5) is 0 Å². The van der Waals surface area contributed by atoms with Gasteiger partial charge in [-0.05, 0) is 109 Å². The molecule has 2 unspecified atom stereocenters. The molecule has 8 nitrogen and oxygen atoms in total. The number of phosphoric acid groups is 1. The first-order valence-corrected chi connectivity index (χ1v) is 29.4. The van der Waals surface area contributed by atoms with Gasteiger partial charge in [0, 0.05) is 13.0 Å². The number of phosphoric ester groups is 1. The van der Waals surface area contributed by atoms with Gasteiger partial charge in [-0.1, -0.05) is 212 Å². The van der Waals surface area contributed by atoms with Gasteiger partial charge in [-0.15, -0.1) is 0 Å². The number of esters is 1. The fourth-order valence-corrected chi connectivity index (χ4v) is 7.72. The zero-order chi connectivity index (χ0) is 51.9. The van der Waals surface area contributed by atoms with Crippen molar-refractivity contribution in [1.29, 1.82) is 0 Å². The third-order valence-corrected chi connectivity index (χ3v) is 12.2. The number of hydrogen-bond acceptors (Lipinski definition) is 7. The molecule has 404 valence electrons. The Hall–Kier alpha value is -3.36. The first kappa shape index (κ1) is 67.6. The van der Waals surface area contributed by atoms with Gasteiger partial charge >= 0.3 is 5.97 Å². The molecule has 0 aromatic carbocycles. The summed E-state index contributed by atoms with van der Waals surface area (Å²) in [4.78, 5) is 25.3. The Kier molecular flexibility index (Phi) is 50.4. The Morgan fingerprint density at radius 1 is 0.437 bits per heavy atom. The van der Waals surface area contributed by atoms with Crippen molar-refractivity contribution in [2.75, 3.05) is 54.1 Å². The highest BCUT2D eigenvalue weighted by molar-refractivity contribution is 7.45. The van der Waals surface area contributed by atoms with Crippen LogP contribution in [0.2, 0.25) is 0 Å². The molecule has 0 aromatic rings.